The van der Waals surface area contributed by atoms with Crippen molar-refractivity contribution in [1.82, 2.24) is 19.1 Å². The third-order valence-electron chi connectivity index (χ3n) is 14.0. The van der Waals surface area contributed by atoms with Crippen molar-refractivity contribution in [2.24, 2.45) is 0 Å². The molecular weight excluding hydrogens is 973 g/mol. The molecule has 2 fully saturated rings. The van der Waals surface area contributed by atoms with Crippen molar-refractivity contribution in [3.8, 4) is 0 Å². The van der Waals surface area contributed by atoms with Crippen molar-refractivity contribution >= 4 is 51.0 Å². The van der Waals surface area contributed by atoms with Gasteiger partial charge in [0, 0.05) is 12.4 Å². The number of hydrogen-bond donors (Lipinski definition) is 2. The summed E-state index contributed by atoms with van der Waals surface area (Å²) in [5, 5.41) is 1.73. The molecule has 0 radical (unpaired) electrons. The monoisotopic (exact) mass is 1050 g/mol. The number of nitrogen functional groups attached to an aromatic ring is 1. The number of nitrogens with zero attached hydrogens (tertiary/aromatic N) is 4. The predicted molar refractivity (Wildman–Crippen MR) is 270 cm³/mol. The summed E-state index contributed by atoms with van der Waals surface area (Å²) in [5.41, 5.74) is 3.41. The van der Waals surface area contributed by atoms with Crippen LogP contribution < -0.4 is 22.4 Å². The van der Waals surface area contributed by atoms with E-state index in [0.29, 0.717) is 5.54 Å². The minimum absolute atomic E-state index is 0.0278. The Morgan fingerprint density at radius 1 is 0.696 bits per heavy atom. The second kappa shape index (κ2) is 21.3. The molecule has 0 bridgehead atoms. The molecule has 2 aromatic heterocycles. The summed E-state index contributed by atoms with van der Waals surface area (Å²) in [4.78, 5) is 44.5. The molecule has 69 heavy (non-hydrogen) atoms. The minimum Gasteiger partial charge on any atom is -0.444 e. The van der Waals surface area contributed by atoms with Crippen molar-refractivity contribution in [3.63, 3.8) is 0 Å². The van der Waals surface area contributed by atoms with Gasteiger partial charge in [-0.1, -0.05) is 69.2 Å². The molecule has 1 amide bonds. The van der Waals surface area contributed by atoms with Crippen LogP contribution in [0.5, 0.6) is 0 Å². The van der Waals surface area contributed by atoms with E-state index in [2.05, 4.69) is 29.1 Å². The number of carbonyl (C=O) groups is 1. The average Bonchev–Trinajstić information content (AvgIpc) is 3.54. The highest BCUT2D eigenvalue weighted by molar-refractivity contribution is 6.74. The van der Waals surface area contributed by atoms with Crippen LogP contribution >= 0.6 is 0 Å². The molecule has 2 aliphatic heterocycles. The number of ether oxygens (including phenoxy) is 3. The fraction of sp³-hybridized carbons (Fsp3) is 0.800. The third-order valence-corrected chi connectivity index (χ3v) is 30.3. The standard InChI is InChI=1S/C25H45F2N3O6Si2.C20H37F2N3O4Si2/c1-16(2)37(9,10)33-15-17-19(36-38(11,12)24(6,7)8)25(26,27)20(34-17)30-14-13-18(28-21(30)31)29-22(32)35-23(3,4)5;1-13(2)30(6,7)27-12-14-16(29-31(8,9)19(3,4)5)20(21,22)17(28-14)25-11-10-15(23)24-18(25)26/h13-14,16-17,19-20H,15H2,1-12H3,(H,28,29,31,32);10-11,13-14,16-17H,12H2,1-9H3,(H2,23,24,26)/t17-,19?,20-;14-,16?,17-/m11/s1. The zero-order chi connectivity index (χ0) is 53.5. The summed E-state index contributed by atoms with van der Waals surface area (Å²) in [6.45, 7) is 40.8. The first-order valence-corrected chi connectivity index (χ1v) is 35.3. The summed E-state index contributed by atoms with van der Waals surface area (Å²) in [6.07, 6.45) is -7.59. The molecule has 2 aliphatic rings. The van der Waals surface area contributed by atoms with Crippen molar-refractivity contribution in [2.75, 3.05) is 24.3 Å². The molecule has 0 saturated carbocycles. The van der Waals surface area contributed by atoms with Gasteiger partial charge in [0.15, 0.2) is 33.3 Å². The van der Waals surface area contributed by atoms with Crippen LogP contribution in [0.25, 0.3) is 0 Å². The number of nitrogens with two attached hydrogens (primary N) is 1. The molecule has 396 valence electrons. The fourth-order valence-electron chi connectivity index (χ4n) is 6.09. The quantitative estimate of drug-likeness (QED) is 0.127. The Labute approximate surface area is 410 Å². The molecule has 0 aliphatic carbocycles. The molecule has 24 heteroatoms. The Morgan fingerprint density at radius 2 is 1.06 bits per heavy atom. The smallest absolute Gasteiger partial charge is 0.413 e. The molecule has 6 atom stereocenters. The van der Waals surface area contributed by atoms with Gasteiger partial charge in [-0.15, -0.1) is 0 Å². The molecule has 0 spiro atoms. The van der Waals surface area contributed by atoms with Crippen LogP contribution in [0.1, 0.15) is 102 Å². The lowest BCUT2D eigenvalue weighted by molar-refractivity contribution is -0.138. The maximum absolute atomic E-state index is 16.0. The largest absolute Gasteiger partial charge is 0.444 e. The second-order valence-electron chi connectivity index (χ2n) is 23.8. The summed E-state index contributed by atoms with van der Waals surface area (Å²) < 4.78 is 106. The molecule has 0 aromatic carbocycles. The van der Waals surface area contributed by atoms with Crippen molar-refractivity contribution in [3.05, 3.63) is 45.5 Å². The summed E-state index contributed by atoms with van der Waals surface area (Å²) in [5.74, 6) is -7.19. The SMILES string of the molecule is CC(C)[Si](C)(C)OC[C@H]1O[C@@H](n2ccc(N)nc2=O)C(F)(F)C1O[Si](C)(C)C(C)(C)C.CC(C)[Si](C)(C)OC[C@H]1O[C@@H](n2ccc(NC(=O)OC(C)(C)C)nc2=O)C(F)(F)C1O[Si](C)(C)C(C)(C)C. The maximum atomic E-state index is 16.0. The van der Waals surface area contributed by atoms with E-state index in [4.69, 9.17) is 37.6 Å². The third kappa shape index (κ3) is 14.9. The number of alkyl halides is 4. The van der Waals surface area contributed by atoms with Gasteiger partial charge in [-0.05, 0) is 106 Å². The second-order valence-corrected chi connectivity index (χ2v) is 42.6. The summed E-state index contributed by atoms with van der Waals surface area (Å²) in [7, 11) is -9.51. The minimum atomic E-state index is -3.56. The molecule has 3 N–H and O–H groups in total. The summed E-state index contributed by atoms with van der Waals surface area (Å²) in [6, 6.07) is 2.54. The first-order chi connectivity index (χ1) is 30.9. The average molecular weight is 1060 g/mol. The van der Waals surface area contributed by atoms with E-state index >= 15 is 17.6 Å². The highest BCUT2D eigenvalue weighted by Gasteiger charge is 2.64. The molecule has 16 nitrogen and oxygen atoms in total. The van der Waals surface area contributed by atoms with Crippen LogP contribution in [0.3, 0.4) is 0 Å². The molecule has 4 rings (SSSR count). The van der Waals surface area contributed by atoms with Crippen molar-refractivity contribution < 1.29 is 54.3 Å². The van der Waals surface area contributed by atoms with Crippen LogP contribution in [0.2, 0.25) is 73.5 Å². The Hall–Kier alpha value is -2.82. The first kappa shape index (κ1) is 60.5. The van der Waals surface area contributed by atoms with Crippen molar-refractivity contribution in [2.45, 2.75) is 218 Å². The molecule has 2 unspecified atom stereocenters. The highest BCUT2D eigenvalue weighted by Crippen LogP contribution is 2.50. The van der Waals surface area contributed by atoms with E-state index < -0.39 is 105 Å². The lowest BCUT2D eigenvalue weighted by atomic mass is 10.1. The van der Waals surface area contributed by atoms with Crippen LogP contribution in [-0.4, -0.2) is 114 Å². The number of aromatic nitrogens is 4. The van der Waals surface area contributed by atoms with Gasteiger partial charge in [-0.2, -0.15) is 27.5 Å². The van der Waals surface area contributed by atoms with Crippen LogP contribution in [-0.2, 0) is 31.9 Å². The zero-order valence-electron chi connectivity index (χ0n) is 44.8. The van der Waals surface area contributed by atoms with Gasteiger partial charge in [0.2, 0.25) is 12.5 Å². The van der Waals surface area contributed by atoms with E-state index in [9.17, 15) is 14.4 Å². The van der Waals surface area contributed by atoms with Crippen molar-refractivity contribution in [1.29, 1.82) is 0 Å². The first-order valence-electron chi connectivity index (χ1n) is 23.5. The number of carbonyl (C=O) groups excluding carboxylic acids is 1. The molecule has 4 heterocycles. The van der Waals surface area contributed by atoms with Gasteiger partial charge in [0.05, 0.1) is 13.2 Å². The Balaban J connectivity index is 0.000000373. The molecule has 2 aromatic rings. The summed E-state index contributed by atoms with van der Waals surface area (Å²) >= 11 is 0. The van der Waals surface area contributed by atoms with Gasteiger partial charge in [-0.25, -0.2) is 14.4 Å². The zero-order valence-corrected chi connectivity index (χ0v) is 48.8. The van der Waals surface area contributed by atoms with Gasteiger partial charge in [0.25, 0.3) is 0 Å². The Morgan fingerprint density at radius 3 is 1.38 bits per heavy atom. The topological polar surface area (TPSA) is 190 Å². The Kier molecular flexibility index (Phi) is 18.7. The highest BCUT2D eigenvalue weighted by atomic mass is 28.4. The normalized spacial score (nSPS) is 23.5. The van der Waals surface area contributed by atoms with Crippen LogP contribution in [0.4, 0.5) is 34.0 Å². The van der Waals surface area contributed by atoms with E-state index in [1.807, 2.05) is 108 Å². The maximum Gasteiger partial charge on any atom is 0.413 e. The number of nitrogens with one attached hydrogen (secondary N) is 1. The predicted octanol–water partition coefficient (Wildman–Crippen LogP) is 10.5. The Bertz CT molecular complexity index is 2190. The van der Waals surface area contributed by atoms with E-state index in [1.54, 1.807) is 20.8 Å². The van der Waals surface area contributed by atoms with Crippen LogP contribution in [0, 0.1) is 0 Å². The fourth-order valence-corrected chi connectivity index (χ4v) is 10.5. The van der Waals surface area contributed by atoms with Gasteiger partial charge in [-0.3, -0.25) is 14.5 Å². The lowest BCUT2D eigenvalue weighted by Crippen LogP contribution is -2.53. The molecule has 2 saturated heterocycles. The van der Waals surface area contributed by atoms with E-state index in [0.717, 1.165) is 15.3 Å². The van der Waals surface area contributed by atoms with Crippen LogP contribution in [0.15, 0.2) is 34.1 Å². The van der Waals surface area contributed by atoms with Gasteiger partial charge >= 0.3 is 29.3 Å². The number of hydrogen-bond acceptors (Lipinski definition) is 13. The number of halogens is 4. The van der Waals surface area contributed by atoms with Gasteiger partial charge in [0.1, 0.15) is 41.7 Å². The van der Waals surface area contributed by atoms with E-state index in [1.165, 1.54) is 18.3 Å². The molecular formula is C45H82F4N6O10Si4. The van der Waals surface area contributed by atoms with E-state index in [-0.39, 0.29) is 40.5 Å². The van der Waals surface area contributed by atoms with Gasteiger partial charge < -0.3 is 37.6 Å². The number of rotatable bonds is 15. The lowest BCUT2D eigenvalue weighted by Gasteiger charge is -2.40. The number of anilines is 2. The number of amides is 1.